The number of hydrogen-bond donors (Lipinski definition) is 2. The summed E-state index contributed by atoms with van der Waals surface area (Å²) in [6.45, 7) is 3.83. The topological polar surface area (TPSA) is 102 Å². The Labute approximate surface area is 172 Å². The summed E-state index contributed by atoms with van der Waals surface area (Å²) >= 11 is 5.24. The highest BCUT2D eigenvalue weighted by Gasteiger charge is 2.08. The van der Waals surface area contributed by atoms with Gasteiger partial charge >= 0.3 is 5.97 Å². The van der Waals surface area contributed by atoms with Gasteiger partial charge in [0.25, 0.3) is 0 Å². The average Bonchev–Trinajstić information content (AvgIpc) is 3.04. The Morgan fingerprint density at radius 3 is 2.69 bits per heavy atom. The molecule has 0 unspecified atom stereocenters. The third-order valence-corrected chi connectivity index (χ3v) is 4.23. The Bertz CT molecular complexity index is 1090. The summed E-state index contributed by atoms with van der Waals surface area (Å²) < 4.78 is 12.8. The smallest absolute Gasteiger partial charge is 0.341 e. The zero-order chi connectivity index (χ0) is 20.8. The molecule has 0 saturated heterocycles. The number of carboxylic acids is 1. The molecule has 2 N–H and O–H groups in total. The second-order valence-corrected chi connectivity index (χ2v) is 6.70. The number of carbonyl (C=O) groups is 1. The lowest BCUT2D eigenvalue weighted by Crippen LogP contribution is -2.09. The number of hydrogen-bond acceptors (Lipinski definition) is 6. The highest BCUT2D eigenvalue weighted by atomic mass is 32.1. The first kappa shape index (κ1) is 20.3. The van der Waals surface area contributed by atoms with Gasteiger partial charge in [-0.25, -0.2) is 9.89 Å². The highest BCUT2D eigenvalue weighted by Crippen LogP contribution is 2.19. The molecule has 0 bridgehead atoms. The molecule has 0 saturated carbocycles. The normalized spacial score (nSPS) is 11.0. The van der Waals surface area contributed by atoms with Crippen molar-refractivity contribution in [2.75, 3.05) is 6.61 Å². The van der Waals surface area contributed by atoms with Crippen molar-refractivity contribution in [1.82, 2.24) is 14.9 Å². The lowest BCUT2D eigenvalue weighted by Gasteiger charge is -2.09. The van der Waals surface area contributed by atoms with Crippen LogP contribution in [0.1, 0.15) is 22.5 Å². The third-order valence-electron chi connectivity index (χ3n) is 3.97. The summed E-state index contributed by atoms with van der Waals surface area (Å²) in [7, 11) is 0. The van der Waals surface area contributed by atoms with Gasteiger partial charge in [0.1, 0.15) is 18.1 Å². The Morgan fingerprint density at radius 1 is 1.24 bits per heavy atom. The number of rotatable bonds is 8. The number of aromatic nitrogens is 3. The van der Waals surface area contributed by atoms with Gasteiger partial charge < -0.3 is 14.6 Å². The monoisotopic (exact) mass is 412 g/mol. The molecule has 0 aliphatic rings. The number of aliphatic carboxylic acids is 1. The van der Waals surface area contributed by atoms with E-state index in [2.05, 4.69) is 21.4 Å². The molecule has 2 aromatic carbocycles. The maximum absolute atomic E-state index is 10.5. The summed E-state index contributed by atoms with van der Waals surface area (Å²) in [5.41, 5.74) is 3.00. The summed E-state index contributed by atoms with van der Waals surface area (Å²) in [5.74, 6) is 0.747. The van der Waals surface area contributed by atoms with Gasteiger partial charge in [-0.3, -0.25) is 0 Å². The van der Waals surface area contributed by atoms with Gasteiger partial charge in [-0.1, -0.05) is 17.7 Å². The maximum atomic E-state index is 10.5. The Morgan fingerprint density at radius 2 is 2.00 bits per heavy atom. The molecular weight excluding hydrogens is 392 g/mol. The van der Waals surface area contributed by atoms with E-state index in [9.17, 15) is 4.79 Å². The van der Waals surface area contributed by atoms with E-state index in [1.165, 1.54) is 10.2 Å². The molecule has 0 aliphatic heterocycles. The van der Waals surface area contributed by atoms with Crippen LogP contribution in [0.2, 0.25) is 0 Å². The molecule has 0 fully saturated rings. The predicted octanol–water partition coefficient (Wildman–Crippen LogP) is 3.48. The first-order valence-corrected chi connectivity index (χ1v) is 9.18. The van der Waals surface area contributed by atoms with E-state index >= 15 is 0 Å². The number of benzene rings is 2. The summed E-state index contributed by atoms with van der Waals surface area (Å²) in [4.78, 5) is 10.5. The lowest BCUT2D eigenvalue weighted by molar-refractivity contribution is -0.139. The van der Waals surface area contributed by atoms with Crippen molar-refractivity contribution in [2.24, 2.45) is 5.10 Å². The van der Waals surface area contributed by atoms with Crippen molar-refractivity contribution in [3.05, 3.63) is 69.8 Å². The summed E-state index contributed by atoms with van der Waals surface area (Å²) in [6.07, 6.45) is 1.62. The quantitative estimate of drug-likeness (QED) is 0.434. The van der Waals surface area contributed by atoms with Gasteiger partial charge in [0.2, 0.25) is 4.77 Å². The van der Waals surface area contributed by atoms with E-state index < -0.39 is 5.97 Å². The van der Waals surface area contributed by atoms with Gasteiger partial charge in [-0.05, 0) is 67.5 Å². The fourth-order valence-electron chi connectivity index (χ4n) is 2.56. The molecule has 8 nitrogen and oxygen atoms in total. The van der Waals surface area contributed by atoms with Crippen molar-refractivity contribution in [1.29, 1.82) is 0 Å². The Balaban J connectivity index is 1.69. The van der Waals surface area contributed by atoms with Crippen LogP contribution in [0.5, 0.6) is 11.5 Å². The second kappa shape index (κ2) is 9.16. The van der Waals surface area contributed by atoms with Crippen LogP contribution < -0.4 is 9.47 Å². The lowest BCUT2D eigenvalue weighted by atomic mass is 10.1. The number of nitrogens with one attached hydrogen (secondary N) is 1. The van der Waals surface area contributed by atoms with Gasteiger partial charge in [0, 0.05) is 0 Å². The molecule has 0 radical (unpaired) electrons. The largest absolute Gasteiger partial charge is 0.485 e. The van der Waals surface area contributed by atoms with Crippen LogP contribution in [0.15, 0.2) is 47.6 Å². The summed E-state index contributed by atoms with van der Waals surface area (Å²) in [5, 5.41) is 19.9. The molecular formula is C20H20N4O4S. The molecule has 0 atom stereocenters. The molecule has 1 heterocycles. The van der Waals surface area contributed by atoms with Crippen molar-refractivity contribution in [3.63, 3.8) is 0 Å². The van der Waals surface area contributed by atoms with E-state index in [4.69, 9.17) is 26.8 Å². The van der Waals surface area contributed by atoms with Gasteiger partial charge in [-0.2, -0.15) is 14.9 Å². The standard InChI is InChI=1S/C20H20N4O4S/c1-13-3-8-17(14(2)9-13)28-11-18-22-23-20(29)24(18)21-10-15-4-6-16(7-5-15)27-12-19(25)26/h3-10H,11-12H2,1-2H3,(H,23,29)(H,25,26)/b21-10-. The number of carboxylic acid groups (broad SMARTS) is 1. The van der Waals surface area contributed by atoms with E-state index in [0.717, 1.165) is 16.9 Å². The van der Waals surface area contributed by atoms with Crippen molar-refractivity contribution >= 4 is 24.4 Å². The van der Waals surface area contributed by atoms with E-state index in [1.807, 2.05) is 26.0 Å². The van der Waals surface area contributed by atoms with Crippen LogP contribution >= 0.6 is 12.2 Å². The molecule has 3 rings (SSSR count). The van der Waals surface area contributed by atoms with Crippen LogP contribution in [0.25, 0.3) is 0 Å². The van der Waals surface area contributed by atoms with Gasteiger partial charge in [0.15, 0.2) is 12.4 Å². The number of aryl methyl sites for hydroxylation is 2. The molecule has 0 amide bonds. The minimum absolute atomic E-state index is 0.205. The number of nitrogens with zero attached hydrogens (tertiary/aromatic N) is 3. The molecule has 150 valence electrons. The third kappa shape index (κ3) is 5.52. The van der Waals surface area contributed by atoms with Crippen LogP contribution in [0, 0.1) is 18.6 Å². The summed E-state index contributed by atoms with van der Waals surface area (Å²) in [6, 6.07) is 12.8. The molecule has 3 aromatic rings. The van der Waals surface area contributed by atoms with Crippen LogP contribution in [-0.4, -0.2) is 38.8 Å². The zero-order valence-corrected chi connectivity index (χ0v) is 16.8. The predicted molar refractivity (Wildman–Crippen MR) is 110 cm³/mol. The second-order valence-electron chi connectivity index (χ2n) is 6.31. The molecule has 0 aliphatic carbocycles. The van der Waals surface area contributed by atoms with Crippen molar-refractivity contribution in [2.45, 2.75) is 20.5 Å². The first-order valence-electron chi connectivity index (χ1n) is 8.78. The van der Waals surface area contributed by atoms with E-state index in [1.54, 1.807) is 30.5 Å². The van der Waals surface area contributed by atoms with Crippen molar-refractivity contribution in [3.8, 4) is 11.5 Å². The van der Waals surface area contributed by atoms with E-state index in [-0.39, 0.29) is 13.2 Å². The molecule has 29 heavy (non-hydrogen) atoms. The number of ether oxygens (including phenoxy) is 2. The fraction of sp³-hybridized carbons (Fsp3) is 0.200. The van der Waals surface area contributed by atoms with Crippen LogP contribution in [0.3, 0.4) is 0 Å². The van der Waals surface area contributed by atoms with Crippen molar-refractivity contribution < 1.29 is 19.4 Å². The Hall–Kier alpha value is -3.46. The molecule has 1 aromatic heterocycles. The minimum atomic E-state index is -1.03. The fourth-order valence-corrected chi connectivity index (χ4v) is 2.76. The Kier molecular flexibility index (Phi) is 6.40. The average molecular weight is 412 g/mol. The SMILES string of the molecule is Cc1ccc(OCc2n[nH]c(=S)n2/N=C\c2ccc(OCC(=O)O)cc2)c(C)c1. The molecule has 0 spiro atoms. The number of aromatic amines is 1. The van der Waals surface area contributed by atoms with Crippen LogP contribution in [-0.2, 0) is 11.4 Å². The van der Waals surface area contributed by atoms with E-state index in [0.29, 0.717) is 16.3 Å². The number of H-pyrrole nitrogens is 1. The van der Waals surface area contributed by atoms with Gasteiger partial charge in [0.05, 0.1) is 6.21 Å². The molecule has 9 heteroatoms. The van der Waals surface area contributed by atoms with Crippen LogP contribution in [0.4, 0.5) is 0 Å². The zero-order valence-electron chi connectivity index (χ0n) is 16.0. The highest BCUT2D eigenvalue weighted by molar-refractivity contribution is 7.71. The minimum Gasteiger partial charge on any atom is -0.485 e. The van der Waals surface area contributed by atoms with Gasteiger partial charge in [-0.15, -0.1) is 0 Å². The first-order chi connectivity index (χ1) is 13.9. The maximum Gasteiger partial charge on any atom is 0.341 e.